The molecular weight excluding hydrogens is 546 g/mol. The van der Waals surface area contributed by atoms with Crippen LogP contribution in [0.15, 0.2) is 36.4 Å². The first-order valence-electron chi connectivity index (χ1n) is 13.8. The number of piperazine rings is 1. The number of imide groups is 2. The summed E-state index contributed by atoms with van der Waals surface area (Å²) in [5.74, 6) is -2.72. The number of nitrogens with two attached hydrogens (primary N) is 1. The highest BCUT2D eigenvalue weighted by Gasteiger charge is 2.45. The molecule has 4 N–H and O–H groups in total. The van der Waals surface area contributed by atoms with Crippen LogP contribution >= 0.6 is 0 Å². The topological polar surface area (TPSA) is 188 Å². The Bertz CT molecular complexity index is 1470. The molecule has 5 rings (SSSR count). The van der Waals surface area contributed by atoms with Crippen LogP contribution in [-0.4, -0.2) is 83.0 Å². The predicted octanol–water partition coefficient (Wildman–Crippen LogP) is 1.51. The molecule has 3 aliphatic heterocycles. The van der Waals surface area contributed by atoms with Crippen molar-refractivity contribution in [3.8, 4) is 0 Å². The van der Waals surface area contributed by atoms with E-state index in [9.17, 15) is 34.1 Å². The lowest BCUT2D eigenvalue weighted by Gasteiger charge is -2.36. The average molecular weight is 578 g/mol. The number of benzene rings is 2. The van der Waals surface area contributed by atoms with Crippen molar-refractivity contribution in [1.29, 1.82) is 0 Å². The molecule has 14 heteroatoms. The molecule has 42 heavy (non-hydrogen) atoms. The largest absolute Gasteiger partial charge is 0.393 e. The van der Waals surface area contributed by atoms with E-state index < -0.39 is 34.6 Å². The Morgan fingerprint density at radius 1 is 1.05 bits per heavy atom. The molecule has 3 heterocycles. The fourth-order valence-corrected chi connectivity index (χ4v) is 5.59. The quantitative estimate of drug-likeness (QED) is 0.130. The third-order valence-corrected chi connectivity index (χ3v) is 7.82. The van der Waals surface area contributed by atoms with E-state index in [4.69, 9.17) is 5.73 Å². The zero-order valence-electron chi connectivity index (χ0n) is 22.8. The lowest BCUT2D eigenvalue weighted by molar-refractivity contribution is -0.383. The number of nitro groups is 1. The zero-order chi connectivity index (χ0) is 30.0. The van der Waals surface area contributed by atoms with Gasteiger partial charge in [-0.1, -0.05) is 6.07 Å². The van der Waals surface area contributed by atoms with E-state index in [1.807, 2.05) is 0 Å². The minimum Gasteiger partial charge on any atom is -0.393 e. The van der Waals surface area contributed by atoms with Crippen LogP contribution in [0.5, 0.6) is 0 Å². The number of anilines is 3. The van der Waals surface area contributed by atoms with Gasteiger partial charge >= 0.3 is 0 Å². The standard InChI is InChI=1S/C28H31N7O7/c29-19-16-17(7-8-21(19)35(41)42)33-14-12-32(13-15-33)11-2-1-6-23(36)30-20-5-3-4-18-25(20)28(40)34(27(18)39)22-9-10-24(37)31-26(22)38/h3-5,7-8,16,22H,1-2,6,9-15,29H2,(H,30,36)(H,31,37,38). The maximum Gasteiger partial charge on any atom is 0.292 e. The van der Waals surface area contributed by atoms with Crippen LogP contribution < -0.4 is 21.3 Å². The number of nitrogens with one attached hydrogen (secondary N) is 2. The number of nitrogen functional groups attached to an aromatic ring is 1. The Morgan fingerprint density at radius 3 is 2.50 bits per heavy atom. The number of fused-ring (bicyclic) bond motifs is 1. The first-order valence-corrected chi connectivity index (χ1v) is 13.8. The second kappa shape index (κ2) is 11.9. The second-order valence-corrected chi connectivity index (χ2v) is 10.5. The molecule has 1 atom stereocenters. The monoisotopic (exact) mass is 577 g/mol. The maximum atomic E-state index is 13.2. The van der Waals surface area contributed by atoms with Gasteiger partial charge in [0.2, 0.25) is 17.7 Å². The van der Waals surface area contributed by atoms with Crippen LogP contribution in [0.4, 0.5) is 22.7 Å². The normalized spacial score (nSPS) is 19.1. The molecule has 0 bridgehead atoms. The molecule has 3 aliphatic rings. The Labute approximate surface area is 240 Å². The number of nitrogens with zero attached hydrogens (tertiary/aromatic N) is 4. The number of hydrogen-bond acceptors (Lipinski definition) is 10. The molecule has 2 saturated heterocycles. The molecule has 1 unspecified atom stereocenters. The van der Waals surface area contributed by atoms with Crippen molar-refractivity contribution in [3.63, 3.8) is 0 Å². The first kappa shape index (κ1) is 28.7. The van der Waals surface area contributed by atoms with Gasteiger partial charge in [0.05, 0.1) is 21.7 Å². The van der Waals surface area contributed by atoms with E-state index in [0.29, 0.717) is 6.42 Å². The van der Waals surface area contributed by atoms with E-state index in [1.54, 1.807) is 24.3 Å². The van der Waals surface area contributed by atoms with Crippen LogP contribution in [0.3, 0.4) is 0 Å². The highest BCUT2D eigenvalue weighted by Crippen LogP contribution is 2.32. The molecule has 0 saturated carbocycles. The van der Waals surface area contributed by atoms with Crippen molar-refractivity contribution < 1.29 is 28.9 Å². The highest BCUT2D eigenvalue weighted by atomic mass is 16.6. The summed E-state index contributed by atoms with van der Waals surface area (Å²) in [7, 11) is 0. The average Bonchev–Trinajstić information content (AvgIpc) is 3.21. The minimum absolute atomic E-state index is 0.0258. The number of unbranched alkanes of at least 4 members (excludes halogenated alkanes) is 1. The molecule has 0 aromatic heterocycles. The molecule has 14 nitrogen and oxygen atoms in total. The second-order valence-electron chi connectivity index (χ2n) is 10.5. The summed E-state index contributed by atoms with van der Waals surface area (Å²) in [6.07, 6.45) is 1.71. The molecule has 2 aromatic carbocycles. The summed E-state index contributed by atoms with van der Waals surface area (Å²) < 4.78 is 0. The summed E-state index contributed by atoms with van der Waals surface area (Å²) in [6.45, 7) is 3.91. The number of carbonyl (C=O) groups excluding carboxylic acids is 5. The van der Waals surface area contributed by atoms with E-state index in [1.165, 1.54) is 12.1 Å². The predicted molar refractivity (Wildman–Crippen MR) is 152 cm³/mol. The molecule has 2 aromatic rings. The van der Waals surface area contributed by atoms with Crippen molar-refractivity contribution in [2.45, 2.75) is 38.1 Å². The number of hydrogen-bond donors (Lipinski definition) is 3. The highest BCUT2D eigenvalue weighted by molar-refractivity contribution is 6.26. The third-order valence-electron chi connectivity index (χ3n) is 7.82. The van der Waals surface area contributed by atoms with Gasteiger partial charge in [-0.05, 0) is 50.1 Å². The third kappa shape index (κ3) is 5.79. The van der Waals surface area contributed by atoms with Gasteiger partial charge in [-0.3, -0.25) is 49.2 Å². The summed E-state index contributed by atoms with van der Waals surface area (Å²) in [4.78, 5) is 78.5. The van der Waals surface area contributed by atoms with Crippen molar-refractivity contribution >= 4 is 52.3 Å². The molecule has 220 valence electrons. The van der Waals surface area contributed by atoms with E-state index >= 15 is 0 Å². The van der Waals surface area contributed by atoms with Gasteiger partial charge < -0.3 is 16.0 Å². The number of nitro benzene ring substituents is 1. The number of rotatable bonds is 9. The van der Waals surface area contributed by atoms with E-state index in [-0.39, 0.29) is 53.4 Å². The molecule has 0 aliphatic carbocycles. The fourth-order valence-electron chi connectivity index (χ4n) is 5.59. The fraction of sp³-hybridized carbons (Fsp3) is 0.393. The van der Waals surface area contributed by atoms with Gasteiger partial charge in [0.15, 0.2) is 0 Å². The number of amides is 5. The molecule has 5 amide bonds. The Balaban J connectivity index is 1.08. The summed E-state index contributed by atoms with van der Waals surface area (Å²) >= 11 is 0. The van der Waals surface area contributed by atoms with Gasteiger partial charge in [-0.2, -0.15) is 0 Å². The van der Waals surface area contributed by atoms with Crippen molar-refractivity contribution in [2.24, 2.45) is 0 Å². The van der Waals surface area contributed by atoms with Gasteiger partial charge in [0.25, 0.3) is 17.5 Å². The Hall–Kier alpha value is -4.85. The Kier molecular flexibility index (Phi) is 8.15. The summed E-state index contributed by atoms with van der Waals surface area (Å²) in [6, 6.07) is 8.28. The van der Waals surface area contributed by atoms with E-state index in [0.717, 1.165) is 49.7 Å². The smallest absolute Gasteiger partial charge is 0.292 e. The van der Waals surface area contributed by atoms with E-state index in [2.05, 4.69) is 20.4 Å². The van der Waals surface area contributed by atoms with Crippen molar-refractivity contribution in [3.05, 3.63) is 57.6 Å². The lowest BCUT2D eigenvalue weighted by atomic mass is 10.0. The minimum atomic E-state index is -1.08. The van der Waals surface area contributed by atoms with Crippen molar-refractivity contribution in [2.75, 3.05) is 48.7 Å². The zero-order valence-corrected chi connectivity index (χ0v) is 22.8. The van der Waals surface area contributed by atoms with Crippen LogP contribution in [0, 0.1) is 10.1 Å². The first-order chi connectivity index (χ1) is 20.1. The maximum absolute atomic E-state index is 13.2. The van der Waals surface area contributed by atoms with Crippen LogP contribution in [0.2, 0.25) is 0 Å². The summed E-state index contributed by atoms with van der Waals surface area (Å²) in [5, 5.41) is 15.9. The molecular formula is C28H31N7O7. The lowest BCUT2D eigenvalue weighted by Crippen LogP contribution is -2.54. The van der Waals surface area contributed by atoms with Crippen molar-refractivity contribution in [1.82, 2.24) is 15.1 Å². The van der Waals surface area contributed by atoms with Gasteiger partial charge in [-0.15, -0.1) is 0 Å². The van der Waals surface area contributed by atoms with Crippen LogP contribution in [0.25, 0.3) is 0 Å². The van der Waals surface area contributed by atoms with Gasteiger partial charge in [0, 0.05) is 50.8 Å². The van der Waals surface area contributed by atoms with Gasteiger partial charge in [0.1, 0.15) is 11.7 Å². The molecule has 0 spiro atoms. The Morgan fingerprint density at radius 2 is 1.81 bits per heavy atom. The summed E-state index contributed by atoms with van der Waals surface area (Å²) in [5.41, 5.74) is 7.09. The molecule has 2 fully saturated rings. The van der Waals surface area contributed by atoms with Crippen LogP contribution in [-0.2, 0) is 14.4 Å². The number of carbonyl (C=O) groups is 5. The molecule has 0 radical (unpaired) electrons. The van der Waals surface area contributed by atoms with Crippen LogP contribution in [0.1, 0.15) is 52.8 Å². The SMILES string of the molecule is Nc1cc(N2CCN(CCCCC(=O)Nc3cccc4c3C(=O)N(C3CCC(=O)NC3=O)C4=O)CC2)ccc1[N+](=O)[O-]. The number of piperidine rings is 1. The van der Waals surface area contributed by atoms with Gasteiger partial charge in [-0.25, -0.2) is 0 Å².